The summed E-state index contributed by atoms with van der Waals surface area (Å²) in [4.78, 5) is 23.7. The molecule has 0 spiro atoms. The lowest BCUT2D eigenvalue weighted by molar-refractivity contribution is 0.832. The van der Waals surface area contributed by atoms with Crippen LogP contribution in [0.4, 0.5) is 11.4 Å². The SMILES string of the molecule is CCN(Cc1ccccc1)c1ccc(C=Nc2ccc3[nH]c(=O)[nH]c3c2)cc1. The van der Waals surface area contributed by atoms with Crippen molar-refractivity contribution in [2.24, 2.45) is 4.99 Å². The molecule has 1 heterocycles. The Morgan fingerprint density at radius 3 is 2.43 bits per heavy atom. The number of rotatable bonds is 6. The van der Waals surface area contributed by atoms with E-state index in [2.05, 4.69) is 75.3 Å². The minimum atomic E-state index is -0.206. The fraction of sp³-hybridized carbons (Fsp3) is 0.130. The number of benzene rings is 3. The lowest BCUT2D eigenvalue weighted by Crippen LogP contribution is -2.21. The predicted octanol–water partition coefficient (Wildman–Crippen LogP) is 4.63. The van der Waals surface area contributed by atoms with Gasteiger partial charge in [-0.1, -0.05) is 42.5 Å². The third-order valence-electron chi connectivity index (χ3n) is 4.72. The zero-order valence-electron chi connectivity index (χ0n) is 15.7. The van der Waals surface area contributed by atoms with E-state index in [0.29, 0.717) is 0 Å². The molecule has 0 unspecified atom stereocenters. The highest BCUT2D eigenvalue weighted by molar-refractivity contribution is 5.84. The van der Waals surface area contributed by atoms with Crippen LogP contribution in [0.25, 0.3) is 11.0 Å². The second kappa shape index (κ2) is 7.96. The van der Waals surface area contributed by atoms with Gasteiger partial charge in [0, 0.05) is 25.0 Å². The van der Waals surface area contributed by atoms with Gasteiger partial charge in [0.05, 0.1) is 16.7 Å². The zero-order chi connectivity index (χ0) is 19.3. The van der Waals surface area contributed by atoms with Gasteiger partial charge in [-0.05, 0) is 48.4 Å². The van der Waals surface area contributed by atoms with Crippen molar-refractivity contribution < 1.29 is 0 Å². The van der Waals surface area contributed by atoms with E-state index in [0.717, 1.165) is 35.4 Å². The summed E-state index contributed by atoms with van der Waals surface area (Å²) in [5, 5.41) is 0. The number of imidazole rings is 1. The number of hydrogen-bond acceptors (Lipinski definition) is 3. The van der Waals surface area contributed by atoms with Gasteiger partial charge in [0.2, 0.25) is 0 Å². The van der Waals surface area contributed by atoms with Gasteiger partial charge in [-0.15, -0.1) is 0 Å². The van der Waals surface area contributed by atoms with Gasteiger partial charge in [-0.2, -0.15) is 0 Å². The molecule has 2 N–H and O–H groups in total. The number of aromatic amines is 2. The van der Waals surface area contributed by atoms with Crippen LogP contribution in [0.15, 0.2) is 82.6 Å². The number of fused-ring (bicyclic) bond motifs is 1. The average molecular weight is 370 g/mol. The molecule has 0 bridgehead atoms. The minimum absolute atomic E-state index is 0.206. The van der Waals surface area contributed by atoms with E-state index in [1.807, 2.05) is 30.5 Å². The average Bonchev–Trinajstić information content (AvgIpc) is 3.11. The lowest BCUT2D eigenvalue weighted by atomic mass is 10.1. The predicted molar refractivity (Wildman–Crippen MR) is 116 cm³/mol. The van der Waals surface area contributed by atoms with Gasteiger partial charge < -0.3 is 14.9 Å². The van der Waals surface area contributed by atoms with Crippen LogP contribution in [0.5, 0.6) is 0 Å². The highest BCUT2D eigenvalue weighted by Crippen LogP contribution is 2.19. The molecule has 5 heteroatoms. The van der Waals surface area contributed by atoms with Crippen LogP contribution >= 0.6 is 0 Å². The Kier molecular flexibility index (Phi) is 5.06. The van der Waals surface area contributed by atoms with Crippen molar-refractivity contribution >= 4 is 28.6 Å². The smallest absolute Gasteiger partial charge is 0.323 e. The van der Waals surface area contributed by atoms with Gasteiger partial charge in [0.1, 0.15) is 0 Å². The molecule has 5 nitrogen and oxygen atoms in total. The van der Waals surface area contributed by atoms with Crippen molar-refractivity contribution in [1.29, 1.82) is 0 Å². The van der Waals surface area contributed by atoms with Crippen molar-refractivity contribution in [2.75, 3.05) is 11.4 Å². The summed E-state index contributed by atoms with van der Waals surface area (Å²) in [6.07, 6.45) is 1.84. The number of nitrogens with zero attached hydrogens (tertiary/aromatic N) is 2. The third-order valence-corrected chi connectivity index (χ3v) is 4.72. The molecule has 0 atom stereocenters. The molecule has 3 aromatic carbocycles. The molecule has 0 amide bonds. The number of aliphatic imine (C=N–C) groups is 1. The topological polar surface area (TPSA) is 64.2 Å². The molecule has 0 saturated carbocycles. The van der Waals surface area contributed by atoms with Gasteiger partial charge in [-0.3, -0.25) is 4.99 Å². The Labute approximate surface area is 163 Å². The molecule has 0 aliphatic heterocycles. The van der Waals surface area contributed by atoms with E-state index in [1.54, 1.807) is 0 Å². The first-order valence-corrected chi connectivity index (χ1v) is 9.36. The molecule has 0 fully saturated rings. The van der Waals surface area contributed by atoms with Crippen molar-refractivity contribution in [3.05, 3.63) is 94.4 Å². The Morgan fingerprint density at radius 1 is 0.929 bits per heavy atom. The third kappa shape index (κ3) is 4.04. The fourth-order valence-electron chi connectivity index (χ4n) is 3.21. The number of aromatic nitrogens is 2. The molecule has 140 valence electrons. The monoisotopic (exact) mass is 370 g/mol. The van der Waals surface area contributed by atoms with E-state index in [4.69, 9.17) is 0 Å². The molecule has 28 heavy (non-hydrogen) atoms. The molecule has 0 aliphatic carbocycles. The van der Waals surface area contributed by atoms with Crippen molar-refractivity contribution in [1.82, 2.24) is 9.97 Å². The Bertz CT molecular complexity index is 1140. The first kappa shape index (κ1) is 17.8. The summed E-state index contributed by atoms with van der Waals surface area (Å²) in [6, 6.07) is 24.5. The first-order chi connectivity index (χ1) is 13.7. The summed E-state index contributed by atoms with van der Waals surface area (Å²) >= 11 is 0. The quantitative estimate of drug-likeness (QED) is 0.486. The first-order valence-electron chi connectivity index (χ1n) is 9.36. The maximum Gasteiger partial charge on any atom is 0.323 e. The van der Waals surface area contributed by atoms with E-state index in [9.17, 15) is 4.79 Å². The van der Waals surface area contributed by atoms with Crippen LogP contribution in [0, 0.1) is 0 Å². The fourth-order valence-corrected chi connectivity index (χ4v) is 3.21. The molecule has 4 rings (SSSR count). The summed E-state index contributed by atoms with van der Waals surface area (Å²) in [5.41, 5.74) is 5.65. The normalized spacial score (nSPS) is 11.3. The van der Waals surface area contributed by atoms with Gasteiger partial charge in [0.15, 0.2) is 0 Å². The largest absolute Gasteiger partial charge is 0.367 e. The number of H-pyrrole nitrogens is 2. The standard InChI is InChI=1S/C23H22N4O/c1-2-27(16-18-6-4-3-5-7-18)20-11-8-17(9-12-20)15-24-19-10-13-21-22(14-19)26-23(28)25-21/h3-15H,2,16H2,1H3,(H2,25,26,28). The molecular weight excluding hydrogens is 348 g/mol. The van der Waals surface area contributed by atoms with E-state index >= 15 is 0 Å². The maximum atomic E-state index is 11.4. The van der Waals surface area contributed by atoms with Crippen molar-refractivity contribution in [3.63, 3.8) is 0 Å². The van der Waals surface area contributed by atoms with E-state index in [-0.39, 0.29) is 5.69 Å². The van der Waals surface area contributed by atoms with Gasteiger partial charge >= 0.3 is 5.69 Å². The Balaban J connectivity index is 1.48. The summed E-state index contributed by atoms with van der Waals surface area (Å²) in [7, 11) is 0. The van der Waals surface area contributed by atoms with Crippen molar-refractivity contribution in [2.45, 2.75) is 13.5 Å². The summed E-state index contributed by atoms with van der Waals surface area (Å²) in [6.45, 7) is 4.00. The molecule has 0 saturated heterocycles. The van der Waals surface area contributed by atoms with E-state index in [1.165, 1.54) is 11.3 Å². The van der Waals surface area contributed by atoms with Crippen LogP contribution in [-0.4, -0.2) is 22.7 Å². The van der Waals surface area contributed by atoms with Crippen LogP contribution in [-0.2, 0) is 6.54 Å². The number of hydrogen-bond donors (Lipinski definition) is 2. The van der Waals surface area contributed by atoms with Crippen LogP contribution in [0.1, 0.15) is 18.1 Å². The van der Waals surface area contributed by atoms with Crippen LogP contribution in [0.2, 0.25) is 0 Å². The lowest BCUT2D eigenvalue weighted by Gasteiger charge is -2.23. The number of nitrogens with one attached hydrogen (secondary N) is 2. The maximum absolute atomic E-state index is 11.4. The molecular formula is C23H22N4O. The highest BCUT2D eigenvalue weighted by Gasteiger charge is 2.05. The molecule has 1 aromatic heterocycles. The second-order valence-corrected chi connectivity index (χ2v) is 6.66. The van der Waals surface area contributed by atoms with Crippen LogP contribution < -0.4 is 10.6 Å². The Morgan fingerprint density at radius 2 is 1.68 bits per heavy atom. The molecule has 0 radical (unpaired) electrons. The highest BCUT2D eigenvalue weighted by atomic mass is 16.1. The Hall–Kier alpha value is -3.60. The minimum Gasteiger partial charge on any atom is -0.367 e. The summed E-state index contributed by atoms with van der Waals surface area (Å²) < 4.78 is 0. The van der Waals surface area contributed by atoms with Crippen LogP contribution in [0.3, 0.4) is 0 Å². The summed E-state index contributed by atoms with van der Waals surface area (Å²) in [5.74, 6) is 0. The van der Waals surface area contributed by atoms with Gasteiger partial charge in [0.25, 0.3) is 0 Å². The molecule has 4 aromatic rings. The molecule has 0 aliphatic rings. The van der Waals surface area contributed by atoms with Crippen molar-refractivity contribution in [3.8, 4) is 0 Å². The number of anilines is 1. The van der Waals surface area contributed by atoms with Gasteiger partial charge in [-0.25, -0.2) is 4.79 Å². The zero-order valence-corrected chi connectivity index (χ0v) is 15.7. The second-order valence-electron chi connectivity index (χ2n) is 6.66. The van der Waals surface area contributed by atoms with E-state index < -0.39 is 0 Å².